The predicted molar refractivity (Wildman–Crippen MR) is 115 cm³/mol. The largest absolute Gasteiger partial charge is 0.481 e. The number of aromatic amines is 1. The Labute approximate surface area is 169 Å². The van der Waals surface area contributed by atoms with E-state index in [0.717, 1.165) is 64.8 Å². The molecular formula is C22H24N6O. The Balaban J connectivity index is 1.53. The van der Waals surface area contributed by atoms with Gasteiger partial charge >= 0.3 is 0 Å². The van der Waals surface area contributed by atoms with Crippen LogP contribution in [-0.2, 0) is 0 Å². The van der Waals surface area contributed by atoms with Crippen LogP contribution in [0.25, 0.3) is 33.1 Å². The number of rotatable bonds is 4. The van der Waals surface area contributed by atoms with E-state index in [1.807, 2.05) is 18.3 Å². The molecule has 7 heteroatoms. The lowest BCUT2D eigenvalue weighted by Gasteiger charge is -2.30. The highest BCUT2D eigenvalue weighted by atomic mass is 16.5. The zero-order chi connectivity index (χ0) is 19.8. The number of benzene rings is 1. The maximum Gasteiger partial charge on any atom is 0.214 e. The molecule has 1 saturated heterocycles. The lowest BCUT2D eigenvalue weighted by atomic mass is 10.0. The van der Waals surface area contributed by atoms with E-state index in [1.54, 1.807) is 13.4 Å². The lowest BCUT2D eigenvalue weighted by molar-refractivity contribution is 0.264. The highest BCUT2D eigenvalue weighted by molar-refractivity contribution is 5.98. The zero-order valence-corrected chi connectivity index (χ0v) is 16.6. The van der Waals surface area contributed by atoms with Crippen molar-refractivity contribution in [1.82, 2.24) is 24.8 Å². The molecule has 0 bridgehead atoms. The average molecular weight is 388 g/mol. The number of aromatic nitrogens is 4. The summed E-state index contributed by atoms with van der Waals surface area (Å²) in [4.78, 5) is 19.1. The zero-order valence-electron chi connectivity index (χ0n) is 16.6. The first-order valence-corrected chi connectivity index (χ1v) is 9.93. The number of likely N-dealkylation sites (tertiary alicyclic amines) is 1. The van der Waals surface area contributed by atoms with Crippen LogP contribution in [0.4, 0.5) is 5.82 Å². The van der Waals surface area contributed by atoms with E-state index in [9.17, 15) is 0 Å². The van der Waals surface area contributed by atoms with Gasteiger partial charge in [-0.25, -0.2) is 9.97 Å². The molecule has 3 aromatic heterocycles. The quantitative estimate of drug-likeness (QED) is 0.555. The highest BCUT2D eigenvalue weighted by Gasteiger charge is 2.18. The molecule has 1 fully saturated rings. The maximum absolute atomic E-state index is 5.23. The van der Waals surface area contributed by atoms with E-state index in [0.29, 0.717) is 11.9 Å². The van der Waals surface area contributed by atoms with Crippen molar-refractivity contribution in [2.45, 2.75) is 18.9 Å². The van der Waals surface area contributed by atoms with E-state index in [-0.39, 0.29) is 0 Å². The fourth-order valence-corrected chi connectivity index (χ4v) is 4.02. The van der Waals surface area contributed by atoms with E-state index < -0.39 is 0 Å². The van der Waals surface area contributed by atoms with Crippen LogP contribution in [0.15, 0.2) is 42.9 Å². The number of ether oxygens (including phenoxy) is 1. The number of hydrogen-bond acceptors (Lipinski definition) is 6. The predicted octanol–water partition coefficient (Wildman–Crippen LogP) is 3.69. The number of nitrogens with zero attached hydrogens (tertiary/aromatic N) is 4. The second-order valence-corrected chi connectivity index (χ2v) is 7.63. The third kappa shape index (κ3) is 3.38. The number of nitrogens with one attached hydrogen (secondary N) is 2. The summed E-state index contributed by atoms with van der Waals surface area (Å²) < 4.78 is 5.23. The van der Waals surface area contributed by atoms with Crippen molar-refractivity contribution in [2.75, 3.05) is 32.6 Å². The second-order valence-electron chi connectivity index (χ2n) is 7.63. The van der Waals surface area contributed by atoms with Crippen molar-refractivity contribution < 1.29 is 4.74 Å². The van der Waals surface area contributed by atoms with Gasteiger partial charge < -0.3 is 19.9 Å². The van der Waals surface area contributed by atoms with Crippen LogP contribution in [-0.4, -0.2) is 58.1 Å². The molecule has 5 rings (SSSR count). The summed E-state index contributed by atoms with van der Waals surface area (Å²) in [6.45, 7) is 2.22. The Morgan fingerprint density at radius 3 is 2.79 bits per heavy atom. The number of anilines is 1. The third-order valence-electron chi connectivity index (χ3n) is 5.73. The van der Waals surface area contributed by atoms with Crippen LogP contribution >= 0.6 is 0 Å². The minimum absolute atomic E-state index is 0.442. The average Bonchev–Trinajstić information content (AvgIpc) is 3.18. The third-order valence-corrected chi connectivity index (χ3v) is 5.73. The Morgan fingerprint density at radius 1 is 1.10 bits per heavy atom. The molecule has 7 nitrogen and oxygen atoms in total. The van der Waals surface area contributed by atoms with E-state index in [4.69, 9.17) is 4.74 Å². The standard InChI is InChI=1S/C22H24N6O/c1-28-9-7-15(8-10-28)26-22-17-11-14(3-5-19(17)24-13-25-22)18-12-23-21-16(18)4-6-20(27-21)29-2/h3-6,11-13,15H,7-10H2,1-2H3,(H,23,27)(H,24,25,26). The van der Waals surface area contributed by atoms with Crippen LogP contribution in [0.2, 0.25) is 0 Å². The lowest BCUT2D eigenvalue weighted by Crippen LogP contribution is -2.36. The highest BCUT2D eigenvalue weighted by Crippen LogP contribution is 2.32. The van der Waals surface area contributed by atoms with Gasteiger partial charge in [-0.15, -0.1) is 0 Å². The number of H-pyrrole nitrogens is 1. The molecule has 1 aliphatic heterocycles. The van der Waals surface area contributed by atoms with E-state index >= 15 is 0 Å². The minimum atomic E-state index is 0.442. The van der Waals surface area contributed by atoms with Gasteiger partial charge in [-0.2, -0.15) is 4.98 Å². The first kappa shape index (κ1) is 17.9. The molecule has 0 radical (unpaired) electrons. The van der Waals surface area contributed by atoms with Crippen LogP contribution in [0.5, 0.6) is 5.88 Å². The van der Waals surface area contributed by atoms with Gasteiger partial charge in [-0.3, -0.25) is 0 Å². The summed E-state index contributed by atoms with van der Waals surface area (Å²) in [6.07, 6.45) is 5.88. The SMILES string of the molecule is COc1ccc2c(-c3ccc4ncnc(NC5CCN(C)CC5)c4c3)c[nH]c2n1. The van der Waals surface area contributed by atoms with Gasteiger partial charge in [-0.05, 0) is 56.7 Å². The fraction of sp³-hybridized carbons (Fsp3) is 0.318. The van der Waals surface area contributed by atoms with Crippen molar-refractivity contribution in [2.24, 2.45) is 0 Å². The Bertz CT molecular complexity index is 1160. The number of fused-ring (bicyclic) bond motifs is 2. The Morgan fingerprint density at radius 2 is 1.97 bits per heavy atom. The van der Waals surface area contributed by atoms with Crippen LogP contribution in [0, 0.1) is 0 Å². The van der Waals surface area contributed by atoms with E-state index in [2.05, 4.69) is 55.4 Å². The number of hydrogen-bond donors (Lipinski definition) is 2. The van der Waals surface area contributed by atoms with Crippen molar-refractivity contribution in [3.05, 3.63) is 42.9 Å². The molecule has 1 aromatic carbocycles. The van der Waals surface area contributed by atoms with Crippen LogP contribution < -0.4 is 10.1 Å². The summed E-state index contributed by atoms with van der Waals surface area (Å²) in [7, 11) is 3.80. The van der Waals surface area contributed by atoms with E-state index in [1.165, 1.54) is 0 Å². The first-order chi connectivity index (χ1) is 14.2. The molecule has 29 heavy (non-hydrogen) atoms. The summed E-state index contributed by atoms with van der Waals surface area (Å²) in [5.41, 5.74) is 3.97. The molecule has 0 unspecified atom stereocenters. The van der Waals surface area contributed by atoms with Crippen LogP contribution in [0.1, 0.15) is 12.8 Å². The summed E-state index contributed by atoms with van der Waals surface area (Å²) in [6, 6.07) is 10.7. The summed E-state index contributed by atoms with van der Waals surface area (Å²) >= 11 is 0. The molecule has 4 aromatic rings. The molecule has 0 amide bonds. The molecule has 0 atom stereocenters. The number of pyridine rings is 1. The normalized spacial score (nSPS) is 15.8. The van der Waals surface area contributed by atoms with Gasteiger partial charge in [0.2, 0.25) is 5.88 Å². The topological polar surface area (TPSA) is 79.0 Å². The summed E-state index contributed by atoms with van der Waals surface area (Å²) in [5, 5.41) is 5.76. The van der Waals surface area contributed by atoms with Gasteiger partial charge in [0.05, 0.1) is 12.6 Å². The fourth-order valence-electron chi connectivity index (χ4n) is 4.02. The molecule has 4 heterocycles. The van der Waals surface area contributed by atoms with Gasteiger partial charge in [0.25, 0.3) is 0 Å². The van der Waals surface area contributed by atoms with Gasteiger partial charge in [0.1, 0.15) is 17.8 Å². The Hall–Kier alpha value is -3.19. The monoisotopic (exact) mass is 388 g/mol. The smallest absolute Gasteiger partial charge is 0.214 e. The minimum Gasteiger partial charge on any atom is -0.481 e. The Kier molecular flexibility index (Phi) is 4.52. The second kappa shape index (κ2) is 7.33. The summed E-state index contributed by atoms with van der Waals surface area (Å²) in [5.74, 6) is 1.51. The molecule has 148 valence electrons. The van der Waals surface area contributed by atoms with Crippen LogP contribution in [0.3, 0.4) is 0 Å². The molecule has 2 N–H and O–H groups in total. The molecule has 0 spiro atoms. The van der Waals surface area contributed by atoms with Crippen molar-refractivity contribution >= 4 is 27.8 Å². The molecule has 0 saturated carbocycles. The van der Waals surface area contributed by atoms with Crippen molar-refractivity contribution in [1.29, 1.82) is 0 Å². The van der Waals surface area contributed by atoms with Gasteiger partial charge in [0, 0.05) is 34.6 Å². The van der Waals surface area contributed by atoms with Gasteiger partial charge in [0.15, 0.2) is 0 Å². The molecular weight excluding hydrogens is 364 g/mol. The maximum atomic E-state index is 5.23. The number of methoxy groups -OCH3 is 1. The van der Waals surface area contributed by atoms with Crippen molar-refractivity contribution in [3.63, 3.8) is 0 Å². The van der Waals surface area contributed by atoms with Gasteiger partial charge in [-0.1, -0.05) is 6.07 Å². The van der Waals surface area contributed by atoms with Crippen molar-refractivity contribution in [3.8, 4) is 17.0 Å². The molecule has 0 aliphatic carbocycles. The first-order valence-electron chi connectivity index (χ1n) is 9.93. The molecule has 1 aliphatic rings. The number of piperidine rings is 1.